The molecule has 0 saturated heterocycles. The molecule has 14 heavy (non-hydrogen) atoms. The fraction of sp³-hybridized carbons (Fsp3) is 0.111. The molecule has 0 aliphatic carbocycles. The van der Waals surface area contributed by atoms with Gasteiger partial charge in [0.2, 0.25) is 4.80 Å². The molecule has 3 nitrogen and oxygen atoms in total. The minimum absolute atomic E-state index is 0.726. The molecule has 0 amide bonds. The molecule has 0 bridgehead atoms. The summed E-state index contributed by atoms with van der Waals surface area (Å²) in [7, 11) is 1.93. The van der Waals surface area contributed by atoms with Gasteiger partial charge in [0.05, 0.1) is 10.2 Å². The molecule has 0 N–H and O–H groups in total. The third-order valence-corrected chi connectivity index (χ3v) is 3.27. The Kier molecular flexibility index (Phi) is 2.39. The maximum absolute atomic E-state index is 5.90. The van der Waals surface area contributed by atoms with E-state index in [0.717, 1.165) is 20.0 Å². The van der Waals surface area contributed by atoms with E-state index in [9.17, 15) is 0 Å². The summed E-state index contributed by atoms with van der Waals surface area (Å²) in [6.07, 6.45) is 0. The fourth-order valence-electron chi connectivity index (χ4n) is 1.26. The van der Waals surface area contributed by atoms with Crippen LogP contribution in [0.2, 0.25) is 5.02 Å². The van der Waals surface area contributed by atoms with Gasteiger partial charge in [-0.3, -0.25) is 0 Å². The van der Waals surface area contributed by atoms with E-state index in [-0.39, 0.29) is 0 Å². The van der Waals surface area contributed by atoms with E-state index >= 15 is 0 Å². The summed E-state index contributed by atoms with van der Waals surface area (Å²) in [5, 5.41) is 8.17. The van der Waals surface area contributed by atoms with Gasteiger partial charge in [0.15, 0.2) is 0 Å². The maximum Gasteiger partial charge on any atom is 0.211 e. The molecule has 72 valence electrons. The van der Waals surface area contributed by atoms with Gasteiger partial charge in [-0.05, 0) is 18.2 Å². The number of halogens is 1. The van der Waals surface area contributed by atoms with E-state index in [1.54, 1.807) is 11.3 Å². The minimum Gasteiger partial charge on any atom is -0.318 e. The molecule has 0 aliphatic heterocycles. The van der Waals surface area contributed by atoms with Crippen molar-refractivity contribution in [2.75, 3.05) is 0 Å². The fourth-order valence-corrected chi connectivity index (χ4v) is 2.39. The largest absolute Gasteiger partial charge is 0.318 e. The van der Waals surface area contributed by atoms with Crippen LogP contribution in [0.1, 0.15) is 0 Å². The van der Waals surface area contributed by atoms with Crippen LogP contribution in [0.5, 0.6) is 0 Å². The number of fused-ring (bicyclic) bond motifs is 1. The highest BCUT2D eigenvalue weighted by atomic mass is 35.5. The molecule has 0 unspecified atom stereocenters. The lowest BCUT2D eigenvalue weighted by atomic mass is 10.3. The quantitative estimate of drug-likeness (QED) is 0.527. The van der Waals surface area contributed by atoms with Gasteiger partial charge in [0.1, 0.15) is 0 Å². The zero-order chi connectivity index (χ0) is 10.1. The van der Waals surface area contributed by atoms with Crippen LogP contribution in [-0.2, 0) is 7.05 Å². The normalized spacial score (nSPS) is 12.3. The molecular weight excluding hydrogens is 218 g/mol. The Morgan fingerprint density at radius 1 is 1.50 bits per heavy atom. The lowest BCUT2D eigenvalue weighted by Crippen LogP contribution is -2.08. The van der Waals surface area contributed by atoms with Crippen LogP contribution in [0.3, 0.4) is 0 Å². The molecule has 0 saturated carbocycles. The second-order valence-electron chi connectivity index (χ2n) is 2.80. The zero-order valence-corrected chi connectivity index (χ0v) is 9.14. The highest BCUT2D eigenvalue weighted by Crippen LogP contribution is 2.20. The smallest absolute Gasteiger partial charge is 0.211 e. The van der Waals surface area contributed by atoms with Crippen molar-refractivity contribution in [3.8, 4) is 0 Å². The van der Waals surface area contributed by atoms with Gasteiger partial charge in [0.25, 0.3) is 0 Å². The maximum atomic E-state index is 5.90. The van der Waals surface area contributed by atoms with Gasteiger partial charge in [-0.2, -0.15) is 5.10 Å². The van der Waals surface area contributed by atoms with E-state index in [2.05, 4.69) is 16.9 Å². The highest BCUT2D eigenvalue weighted by molar-refractivity contribution is 7.16. The molecule has 0 atom stereocenters. The number of hydrogen-bond acceptors (Lipinski definition) is 3. The van der Waals surface area contributed by atoms with Crippen LogP contribution in [-0.4, -0.2) is 11.3 Å². The van der Waals surface area contributed by atoms with Gasteiger partial charge in [-0.15, -0.1) is 5.10 Å². The SMILES string of the molecule is C=N/N=c1\sc2ccc(Cl)cc2n1C. The Morgan fingerprint density at radius 3 is 3.00 bits per heavy atom. The molecule has 1 aromatic carbocycles. The van der Waals surface area contributed by atoms with Crippen LogP contribution in [0, 0.1) is 0 Å². The van der Waals surface area contributed by atoms with Crippen molar-refractivity contribution in [1.82, 2.24) is 4.57 Å². The summed E-state index contributed by atoms with van der Waals surface area (Å²) in [5.74, 6) is 0. The Balaban J connectivity index is 2.87. The minimum atomic E-state index is 0.726. The van der Waals surface area contributed by atoms with E-state index in [1.807, 2.05) is 29.8 Å². The molecule has 2 aromatic rings. The van der Waals surface area contributed by atoms with Gasteiger partial charge in [0, 0.05) is 18.8 Å². The third kappa shape index (κ3) is 1.47. The molecule has 2 rings (SSSR count). The van der Waals surface area contributed by atoms with Crippen molar-refractivity contribution in [3.05, 3.63) is 28.0 Å². The summed E-state index contributed by atoms with van der Waals surface area (Å²) >= 11 is 7.46. The van der Waals surface area contributed by atoms with Crippen molar-refractivity contribution in [2.24, 2.45) is 17.3 Å². The topological polar surface area (TPSA) is 29.6 Å². The first-order chi connectivity index (χ1) is 6.72. The number of rotatable bonds is 1. The number of hydrogen-bond donors (Lipinski definition) is 0. The van der Waals surface area contributed by atoms with Gasteiger partial charge in [-0.25, -0.2) is 0 Å². The average Bonchev–Trinajstić information content (AvgIpc) is 2.46. The number of aryl methyl sites for hydroxylation is 1. The Hall–Kier alpha value is -1.13. The Morgan fingerprint density at radius 2 is 2.29 bits per heavy atom. The molecule has 0 radical (unpaired) electrons. The molecule has 5 heteroatoms. The summed E-state index contributed by atoms with van der Waals surface area (Å²) in [6.45, 7) is 3.34. The Labute approximate surface area is 90.0 Å². The predicted octanol–water partition coefficient (Wildman–Crippen LogP) is 2.41. The Bertz CT molecular complexity index is 553. The summed E-state index contributed by atoms with van der Waals surface area (Å²) in [6, 6.07) is 5.76. The lowest BCUT2D eigenvalue weighted by Gasteiger charge is -1.94. The predicted molar refractivity (Wildman–Crippen MR) is 60.9 cm³/mol. The summed E-state index contributed by atoms with van der Waals surface area (Å²) in [5.41, 5.74) is 1.06. The second kappa shape index (κ2) is 3.55. The average molecular weight is 226 g/mol. The molecule has 0 spiro atoms. The van der Waals surface area contributed by atoms with Crippen molar-refractivity contribution in [1.29, 1.82) is 0 Å². The van der Waals surface area contributed by atoms with Crippen molar-refractivity contribution in [3.63, 3.8) is 0 Å². The van der Waals surface area contributed by atoms with Crippen molar-refractivity contribution in [2.45, 2.75) is 0 Å². The van der Waals surface area contributed by atoms with Gasteiger partial charge in [-0.1, -0.05) is 22.9 Å². The zero-order valence-electron chi connectivity index (χ0n) is 7.57. The number of nitrogens with zero attached hydrogens (tertiary/aromatic N) is 3. The first-order valence-corrected chi connectivity index (χ1v) is 5.16. The third-order valence-electron chi connectivity index (χ3n) is 1.93. The molecule has 0 fully saturated rings. The van der Waals surface area contributed by atoms with E-state index in [1.165, 1.54) is 0 Å². The van der Waals surface area contributed by atoms with E-state index in [4.69, 9.17) is 11.6 Å². The highest BCUT2D eigenvalue weighted by Gasteiger charge is 2.02. The van der Waals surface area contributed by atoms with Crippen LogP contribution < -0.4 is 4.80 Å². The van der Waals surface area contributed by atoms with Crippen molar-refractivity contribution < 1.29 is 0 Å². The van der Waals surface area contributed by atoms with Gasteiger partial charge >= 0.3 is 0 Å². The second-order valence-corrected chi connectivity index (χ2v) is 4.24. The molecule has 1 aromatic heterocycles. The first kappa shape index (κ1) is 9.43. The summed E-state index contributed by atoms with van der Waals surface area (Å²) < 4.78 is 3.08. The summed E-state index contributed by atoms with van der Waals surface area (Å²) in [4.78, 5) is 0.817. The molecule has 0 aliphatic rings. The van der Waals surface area contributed by atoms with Gasteiger partial charge < -0.3 is 4.57 Å². The monoisotopic (exact) mass is 225 g/mol. The lowest BCUT2D eigenvalue weighted by molar-refractivity contribution is 0.890. The van der Waals surface area contributed by atoms with E-state index in [0.29, 0.717) is 0 Å². The van der Waals surface area contributed by atoms with Crippen LogP contribution in [0.15, 0.2) is 28.4 Å². The molecular formula is C9H8ClN3S. The first-order valence-electron chi connectivity index (χ1n) is 3.97. The number of aromatic nitrogens is 1. The number of thiazole rings is 1. The standard InChI is InChI=1S/C9H8ClN3S/c1-11-12-9-13(2)7-5-6(10)3-4-8(7)14-9/h3-5H,1H2,2H3/b12-9-. The van der Waals surface area contributed by atoms with Crippen LogP contribution in [0.25, 0.3) is 10.2 Å². The molecule has 1 heterocycles. The van der Waals surface area contributed by atoms with Crippen LogP contribution >= 0.6 is 22.9 Å². The van der Waals surface area contributed by atoms with Crippen LogP contribution in [0.4, 0.5) is 0 Å². The van der Waals surface area contributed by atoms with Crippen molar-refractivity contribution >= 4 is 39.9 Å². The number of benzene rings is 1. The van der Waals surface area contributed by atoms with E-state index < -0.39 is 0 Å².